The first-order chi connectivity index (χ1) is 9.22. The van der Waals surface area contributed by atoms with E-state index in [0.29, 0.717) is 11.7 Å². The predicted molar refractivity (Wildman–Crippen MR) is 74.8 cm³/mol. The largest absolute Gasteiger partial charge is 0.396 e. The van der Waals surface area contributed by atoms with Gasteiger partial charge in [0, 0.05) is 25.8 Å². The van der Waals surface area contributed by atoms with Crippen LogP contribution in [0.15, 0.2) is 24.4 Å². The Morgan fingerprint density at radius 1 is 1.37 bits per heavy atom. The second-order valence-electron chi connectivity index (χ2n) is 5.32. The van der Waals surface area contributed by atoms with Gasteiger partial charge in [-0.15, -0.1) is 0 Å². The maximum absolute atomic E-state index is 12.4. The number of carbonyl (C=O) groups excluding carboxylic acids is 1. The summed E-state index contributed by atoms with van der Waals surface area (Å²) < 4.78 is 0. The first-order valence-electron chi connectivity index (χ1n) is 7.02. The first kappa shape index (κ1) is 14.0. The minimum atomic E-state index is 0.113. The van der Waals surface area contributed by atoms with Gasteiger partial charge in [-0.2, -0.15) is 0 Å². The van der Waals surface area contributed by atoms with Crippen LogP contribution in [0.1, 0.15) is 32.1 Å². The minimum absolute atomic E-state index is 0.113. The molecule has 1 aromatic heterocycles. The van der Waals surface area contributed by atoms with Gasteiger partial charge in [-0.1, -0.05) is 6.07 Å². The Morgan fingerprint density at radius 2 is 2.11 bits per heavy atom. The molecule has 1 N–H and O–H groups in total. The van der Waals surface area contributed by atoms with Crippen molar-refractivity contribution in [2.75, 3.05) is 18.6 Å². The lowest BCUT2D eigenvalue weighted by atomic mass is 9.80. The standard InChI is InChI=1S/C15H22N2O2/c1-17(14-4-2-3-10-16-14)15(19)13-7-5-12(6-8-13)9-11-18/h2-4,10,12-13,18H,5-9,11H2,1H3. The quantitative estimate of drug-likeness (QED) is 0.905. The van der Waals surface area contributed by atoms with Gasteiger partial charge in [0.2, 0.25) is 5.91 Å². The van der Waals surface area contributed by atoms with E-state index in [-0.39, 0.29) is 18.4 Å². The fourth-order valence-electron chi connectivity index (χ4n) is 2.82. The van der Waals surface area contributed by atoms with Gasteiger partial charge in [-0.05, 0) is 50.2 Å². The number of hydrogen-bond donors (Lipinski definition) is 1. The number of hydrogen-bond acceptors (Lipinski definition) is 3. The van der Waals surface area contributed by atoms with E-state index in [9.17, 15) is 4.79 Å². The number of nitrogens with zero attached hydrogens (tertiary/aromatic N) is 2. The maximum Gasteiger partial charge on any atom is 0.230 e. The van der Waals surface area contributed by atoms with E-state index >= 15 is 0 Å². The van der Waals surface area contributed by atoms with E-state index in [1.807, 2.05) is 18.2 Å². The summed E-state index contributed by atoms with van der Waals surface area (Å²) in [4.78, 5) is 18.3. The lowest BCUT2D eigenvalue weighted by molar-refractivity contribution is -0.123. The topological polar surface area (TPSA) is 53.4 Å². The highest BCUT2D eigenvalue weighted by molar-refractivity contribution is 5.93. The Balaban J connectivity index is 1.91. The van der Waals surface area contributed by atoms with Gasteiger partial charge in [-0.25, -0.2) is 4.98 Å². The first-order valence-corrected chi connectivity index (χ1v) is 7.02. The molecule has 2 rings (SSSR count). The van der Waals surface area contributed by atoms with Crippen LogP contribution in [0.2, 0.25) is 0 Å². The third kappa shape index (κ3) is 3.53. The molecule has 4 heteroatoms. The predicted octanol–water partition coefficient (Wildman–Crippen LogP) is 2.23. The number of anilines is 1. The Labute approximate surface area is 114 Å². The van der Waals surface area contributed by atoms with Crippen molar-refractivity contribution in [3.05, 3.63) is 24.4 Å². The molecule has 0 saturated heterocycles. The average molecular weight is 262 g/mol. The molecule has 4 nitrogen and oxygen atoms in total. The smallest absolute Gasteiger partial charge is 0.230 e. The van der Waals surface area contributed by atoms with Crippen LogP contribution in [0.25, 0.3) is 0 Å². The molecule has 1 amide bonds. The summed E-state index contributed by atoms with van der Waals surface area (Å²) in [5.74, 6) is 1.59. The fourth-order valence-corrected chi connectivity index (χ4v) is 2.82. The van der Waals surface area contributed by atoms with Crippen molar-refractivity contribution < 1.29 is 9.90 Å². The normalized spacial score (nSPS) is 23.1. The van der Waals surface area contributed by atoms with Crippen LogP contribution in [0.3, 0.4) is 0 Å². The summed E-state index contributed by atoms with van der Waals surface area (Å²) in [5, 5.41) is 8.95. The summed E-state index contributed by atoms with van der Waals surface area (Å²) in [6.45, 7) is 0.261. The van der Waals surface area contributed by atoms with Crippen LogP contribution in [0.4, 0.5) is 5.82 Å². The maximum atomic E-state index is 12.4. The molecule has 1 fully saturated rings. The molecule has 1 saturated carbocycles. The van der Waals surface area contributed by atoms with Gasteiger partial charge >= 0.3 is 0 Å². The zero-order valence-electron chi connectivity index (χ0n) is 11.5. The summed E-state index contributed by atoms with van der Waals surface area (Å²) >= 11 is 0. The molecule has 19 heavy (non-hydrogen) atoms. The van der Waals surface area contributed by atoms with Crippen molar-refractivity contribution in [3.63, 3.8) is 0 Å². The van der Waals surface area contributed by atoms with Crippen molar-refractivity contribution in [2.45, 2.75) is 32.1 Å². The molecule has 104 valence electrons. The van der Waals surface area contributed by atoms with Gasteiger partial charge in [-0.3, -0.25) is 9.69 Å². The molecule has 0 bridgehead atoms. The highest BCUT2D eigenvalue weighted by Gasteiger charge is 2.28. The molecule has 1 aliphatic rings. The average Bonchev–Trinajstić information content (AvgIpc) is 2.48. The van der Waals surface area contributed by atoms with Crippen molar-refractivity contribution in [3.8, 4) is 0 Å². The molecular formula is C15H22N2O2. The van der Waals surface area contributed by atoms with Crippen LogP contribution >= 0.6 is 0 Å². The SMILES string of the molecule is CN(C(=O)C1CCC(CCO)CC1)c1ccccn1. The number of aliphatic hydroxyl groups excluding tert-OH is 1. The van der Waals surface area contributed by atoms with E-state index in [4.69, 9.17) is 5.11 Å². The molecule has 0 aliphatic heterocycles. The zero-order chi connectivity index (χ0) is 13.7. The molecule has 0 unspecified atom stereocenters. The molecule has 0 atom stereocenters. The van der Waals surface area contributed by atoms with Crippen LogP contribution in [-0.2, 0) is 4.79 Å². The van der Waals surface area contributed by atoms with Gasteiger partial charge in [0.15, 0.2) is 0 Å². The number of aromatic nitrogens is 1. The molecule has 1 aliphatic carbocycles. The third-order valence-corrected chi connectivity index (χ3v) is 4.06. The van der Waals surface area contributed by atoms with Crippen LogP contribution in [-0.4, -0.2) is 29.7 Å². The Kier molecular flexibility index (Phi) is 4.91. The highest BCUT2D eigenvalue weighted by atomic mass is 16.3. The van der Waals surface area contributed by atoms with E-state index in [1.54, 1.807) is 18.1 Å². The Hall–Kier alpha value is -1.42. The van der Waals surface area contributed by atoms with Crippen molar-refractivity contribution in [2.24, 2.45) is 11.8 Å². The lowest BCUT2D eigenvalue weighted by Crippen LogP contribution is -2.35. The zero-order valence-corrected chi connectivity index (χ0v) is 11.5. The second kappa shape index (κ2) is 6.66. The molecule has 1 aromatic rings. The van der Waals surface area contributed by atoms with Crippen molar-refractivity contribution >= 4 is 11.7 Å². The van der Waals surface area contributed by atoms with Crippen molar-refractivity contribution in [1.82, 2.24) is 4.98 Å². The highest BCUT2D eigenvalue weighted by Crippen LogP contribution is 2.32. The summed E-state index contributed by atoms with van der Waals surface area (Å²) in [5.41, 5.74) is 0. The summed E-state index contributed by atoms with van der Waals surface area (Å²) in [7, 11) is 1.80. The van der Waals surface area contributed by atoms with Gasteiger partial charge in [0.25, 0.3) is 0 Å². The second-order valence-corrected chi connectivity index (χ2v) is 5.32. The summed E-state index contributed by atoms with van der Waals surface area (Å²) in [6.07, 6.45) is 6.54. The molecule has 1 heterocycles. The fraction of sp³-hybridized carbons (Fsp3) is 0.600. The Bertz CT molecular complexity index is 400. The van der Waals surface area contributed by atoms with Gasteiger partial charge < -0.3 is 5.11 Å². The molecule has 0 spiro atoms. The van der Waals surface area contributed by atoms with E-state index in [0.717, 1.165) is 32.1 Å². The van der Waals surface area contributed by atoms with E-state index in [1.165, 1.54) is 0 Å². The minimum Gasteiger partial charge on any atom is -0.396 e. The molecule has 0 aromatic carbocycles. The van der Waals surface area contributed by atoms with E-state index < -0.39 is 0 Å². The Morgan fingerprint density at radius 3 is 2.68 bits per heavy atom. The lowest BCUT2D eigenvalue weighted by Gasteiger charge is -2.30. The van der Waals surface area contributed by atoms with Crippen LogP contribution in [0, 0.1) is 11.8 Å². The number of pyridine rings is 1. The monoisotopic (exact) mass is 262 g/mol. The number of aliphatic hydroxyl groups is 1. The number of amides is 1. The van der Waals surface area contributed by atoms with Gasteiger partial charge in [0.05, 0.1) is 0 Å². The van der Waals surface area contributed by atoms with Crippen molar-refractivity contribution in [1.29, 1.82) is 0 Å². The van der Waals surface area contributed by atoms with Gasteiger partial charge in [0.1, 0.15) is 5.82 Å². The third-order valence-electron chi connectivity index (χ3n) is 4.06. The molecular weight excluding hydrogens is 240 g/mol. The summed E-state index contributed by atoms with van der Waals surface area (Å²) in [6, 6.07) is 5.60. The molecule has 0 radical (unpaired) electrons. The number of rotatable bonds is 4. The van der Waals surface area contributed by atoms with Crippen LogP contribution < -0.4 is 4.90 Å². The van der Waals surface area contributed by atoms with Crippen LogP contribution in [0.5, 0.6) is 0 Å². The van der Waals surface area contributed by atoms with E-state index in [2.05, 4.69) is 4.98 Å². The number of carbonyl (C=O) groups is 1.